The molecule has 0 spiro atoms. The lowest BCUT2D eigenvalue weighted by molar-refractivity contribution is -0.130. The van der Waals surface area contributed by atoms with Gasteiger partial charge >= 0.3 is 0 Å². The second kappa shape index (κ2) is 8.23. The van der Waals surface area contributed by atoms with Gasteiger partial charge in [0.15, 0.2) is 0 Å². The number of rotatable bonds is 6. The van der Waals surface area contributed by atoms with Crippen LogP contribution in [0.25, 0.3) is 0 Å². The minimum Gasteiger partial charge on any atom is -0.326 e. The van der Waals surface area contributed by atoms with Crippen molar-refractivity contribution in [3.63, 3.8) is 0 Å². The monoisotopic (exact) mass is 490 g/mol. The second-order valence-electron chi connectivity index (χ2n) is 10.8. The second-order valence-corrected chi connectivity index (χ2v) is 12.9. The summed E-state index contributed by atoms with van der Waals surface area (Å²) in [5, 5.41) is 13.3. The molecule has 9 heteroatoms. The molecule has 1 saturated heterocycles. The highest BCUT2D eigenvalue weighted by molar-refractivity contribution is 7.89. The van der Waals surface area contributed by atoms with E-state index in [0.717, 1.165) is 44.9 Å². The molecule has 2 N–H and O–H groups in total. The van der Waals surface area contributed by atoms with Gasteiger partial charge < -0.3 is 10.2 Å². The number of carbonyl (C=O) groups is 1. The molecule has 2 bridgehead atoms. The summed E-state index contributed by atoms with van der Waals surface area (Å²) >= 11 is 5.92. The summed E-state index contributed by atoms with van der Waals surface area (Å²) in [7, 11) is -3.60. The maximum Gasteiger partial charge on any atom is 0.241 e. The largest absolute Gasteiger partial charge is 0.326 e. The molecule has 3 aliphatic carbocycles. The molecule has 178 valence electrons. The SMILES string of the molecule is CC1(NCC(=O)N2CCCC2C#N)CC2CC3C(C1)CC3(NS(=O)(=O)c1ccc(Cl)cc1)C2. The number of nitrogens with zero attached hydrogens (tertiary/aromatic N) is 2. The predicted molar refractivity (Wildman–Crippen MR) is 125 cm³/mol. The minimum atomic E-state index is -3.60. The van der Waals surface area contributed by atoms with Gasteiger partial charge in [-0.25, -0.2) is 13.1 Å². The minimum absolute atomic E-state index is 0.00774. The van der Waals surface area contributed by atoms with Crippen LogP contribution in [-0.2, 0) is 14.8 Å². The maximum absolute atomic E-state index is 13.1. The Hall–Kier alpha value is -1.66. The fraction of sp³-hybridized carbons (Fsp3) is 0.667. The van der Waals surface area contributed by atoms with E-state index in [4.69, 9.17) is 11.6 Å². The zero-order valence-electron chi connectivity index (χ0n) is 18.9. The fourth-order valence-corrected chi connectivity index (χ4v) is 8.76. The van der Waals surface area contributed by atoms with E-state index in [0.29, 0.717) is 29.3 Å². The van der Waals surface area contributed by atoms with Gasteiger partial charge in [-0.3, -0.25) is 4.79 Å². The molecule has 4 fully saturated rings. The lowest BCUT2D eigenvalue weighted by atomic mass is 9.57. The molecule has 1 aliphatic heterocycles. The van der Waals surface area contributed by atoms with Crippen LogP contribution in [-0.4, -0.2) is 49.4 Å². The van der Waals surface area contributed by atoms with E-state index >= 15 is 0 Å². The van der Waals surface area contributed by atoms with E-state index in [1.165, 1.54) is 0 Å². The molecule has 0 radical (unpaired) electrons. The first-order valence-electron chi connectivity index (χ1n) is 11.9. The van der Waals surface area contributed by atoms with Crippen molar-refractivity contribution in [1.29, 1.82) is 5.26 Å². The highest BCUT2D eigenvalue weighted by Crippen LogP contribution is 2.62. The number of sulfonamides is 1. The first-order valence-corrected chi connectivity index (χ1v) is 13.7. The Morgan fingerprint density at radius 2 is 2.00 bits per heavy atom. The molecule has 6 unspecified atom stereocenters. The van der Waals surface area contributed by atoms with Gasteiger partial charge in [0.05, 0.1) is 17.5 Å². The molecular weight excluding hydrogens is 460 g/mol. The van der Waals surface area contributed by atoms with Gasteiger partial charge in [0, 0.05) is 22.6 Å². The van der Waals surface area contributed by atoms with Crippen LogP contribution in [0.3, 0.4) is 0 Å². The van der Waals surface area contributed by atoms with Crippen LogP contribution in [0.5, 0.6) is 0 Å². The predicted octanol–water partition coefficient (Wildman–Crippen LogP) is 3.06. The number of halogens is 1. The van der Waals surface area contributed by atoms with Gasteiger partial charge in [0.25, 0.3) is 0 Å². The van der Waals surface area contributed by atoms with Gasteiger partial charge in [0.1, 0.15) is 6.04 Å². The number of hydrogen-bond donors (Lipinski definition) is 2. The van der Waals surface area contributed by atoms with E-state index in [2.05, 4.69) is 23.0 Å². The highest BCUT2D eigenvalue weighted by atomic mass is 35.5. The molecule has 33 heavy (non-hydrogen) atoms. The quantitative estimate of drug-likeness (QED) is 0.638. The van der Waals surface area contributed by atoms with Crippen molar-refractivity contribution in [3.8, 4) is 6.07 Å². The third kappa shape index (κ3) is 4.18. The lowest BCUT2D eigenvalue weighted by Gasteiger charge is -2.54. The number of fused-ring (bicyclic) bond motifs is 1. The van der Waals surface area contributed by atoms with Crippen LogP contribution in [0.1, 0.15) is 51.9 Å². The number of carbonyl (C=O) groups excluding carboxylic acids is 1. The molecule has 1 heterocycles. The summed E-state index contributed by atoms with van der Waals surface area (Å²) in [5.74, 6) is 1.21. The highest BCUT2D eigenvalue weighted by Gasteiger charge is 2.63. The number of benzene rings is 1. The molecule has 7 nitrogen and oxygen atoms in total. The van der Waals surface area contributed by atoms with Gasteiger partial charge in [-0.1, -0.05) is 11.6 Å². The van der Waals surface area contributed by atoms with Gasteiger partial charge in [-0.2, -0.15) is 5.26 Å². The summed E-state index contributed by atoms with van der Waals surface area (Å²) in [4.78, 5) is 14.7. The molecule has 0 aromatic heterocycles. The van der Waals surface area contributed by atoms with Crippen molar-refractivity contribution < 1.29 is 13.2 Å². The van der Waals surface area contributed by atoms with Gasteiger partial charge in [-0.15, -0.1) is 0 Å². The Labute approximate surface area is 200 Å². The van der Waals surface area contributed by atoms with E-state index in [-0.39, 0.29) is 34.5 Å². The van der Waals surface area contributed by atoms with Crippen molar-refractivity contribution in [2.24, 2.45) is 17.8 Å². The Kier molecular flexibility index (Phi) is 5.76. The molecule has 1 amide bonds. The maximum atomic E-state index is 13.1. The van der Waals surface area contributed by atoms with E-state index in [1.54, 1.807) is 29.2 Å². The summed E-state index contributed by atoms with van der Waals surface area (Å²) in [6, 6.07) is 8.27. The van der Waals surface area contributed by atoms with Crippen molar-refractivity contribution >= 4 is 27.5 Å². The molecule has 1 aromatic carbocycles. The third-order valence-electron chi connectivity index (χ3n) is 8.45. The Balaban J connectivity index is 1.23. The summed E-state index contributed by atoms with van der Waals surface area (Å²) < 4.78 is 29.2. The zero-order chi connectivity index (χ0) is 23.4. The average molecular weight is 491 g/mol. The summed E-state index contributed by atoms with van der Waals surface area (Å²) in [6.45, 7) is 3.12. The zero-order valence-corrected chi connectivity index (χ0v) is 20.5. The first-order chi connectivity index (χ1) is 15.6. The molecule has 5 rings (SSSR count). The Morgan fingerprint density at radius 3 is 2.73 bits per heavy atom. The smallest absolute Gasteiger partial charge is 0.241 e. The van der Waals surface area contributed by atoms with Gasteiger partial charge in [-0.05, 0) is 93.9 Å². The van der Waals surface area contributed by atoms with Crippen molar-refractivity contribution in [3.05, 3.63) is 29.3 Å². The van der Waals surface area contributed by atoms with Crippen LogP contribution in [0.2, 0.25) is 5.02 Å². The van der Waals surface area contributed by atoms with E-state index in [1.807, 2.05) is 0 Å². The fourth-order valence-electron chi connectivity index (χ4n) is 7.17. The number of nitrogens with one attached hydrogen (secondary N) is 2. The lowest BCUT2D eigenvalue weighted by Crippen LogP contribution is -2.64. The van der Waals surface area contributed by atoms with E-state index < -0.39 is 10.0 Å². The van der Waals surface area contributed by atoms with Crippen LogP contribution in [0, 0.1) is 29.1 Å². The molecule has 3 saturated carbocycles. The van der Waals surface area contributed by atoms with Crippen molar-refractivity contribution in [1.82, 2.24) is 14.9 Å². The molecular formula is C24H31ClN4O3S. The average Bonchev–Trinajstić information content (AvgIpc) is 3.30. The van der Waals surface area contributed by atoms with Crippen LogP contribution in [0.15, 0.2) is 29.2 Å². The summed E-state index contributed by atoms with van der Waals surface area (Å²) in [6.07, 6.45) is 6.23. The Bertz CT molecular complexity index is 1080. The van der Waals surface area contributed by atoms with Crippen LogP contribution >= 0.6 is 11.6 Å². The van der Waals surface area contributed by atoms with E-state index in [9.17, 15) is 18.5 Å². The van der Waals surface area contributed by atoms with Crippen molar-refractivity contribution in [2.75, 3.05) is 13.1 Å². The summed E-state index contributed by atoms with van der Waals surface area (Å²) in [5.41, 5.74) is -0.496. The molecule has 1 aromatic rings. The Morgan fingerprint density at radius 1 is 1.24 bits per heavy atom. The number of likely N-dealkylation sites (tertiary alicyclic amines) is 1. The first kappa shape index (κ1) is 23.1. The third-order valence-corrected chi connectivity index (χ3v) is 10.3. The topological polar surface area (TPSA) is 102 Å². The molecule has 4 aliphatic rings. The van der Waals surface area contributed by atoms with Crippen LogP contribution in [0.4, 0.5) is 0 Å². The number of amides is 1. The van der Waals surface area contributed by atoms with Gasteiger partial charge in [0.2, 0.25) is 15.9 Å². The standard InChI is InChI=1S/C24H31ClN4O3S/c1-23(27-15-22(30)29-8-2-3-19(29)14-26)10-16-9-21-17(12-23)13-24(21,11-16)28-33(31,32)20-6-4-18(25)5-7-20/h4-7,16-17,19,21,27-28H,2-3,8-13,15H2,1H3. The van der Waals surface area contributed by atoms with Crippen molar-refractivity contribution in [2.45, 2.75) is 73.9 Å². The number of nitriles is 1. The van der Waals surface area contributed by atoms with Crippen LogP contribution < -0.4 is 10.0 Å². The number of hydrogen-bond acceptors (Lipinski definition) is 5. The normalized spacial score (nSPS) is 37.3. The molecule has 6 atom stereocenters.